The van der Waals surface area contributed by atoms with Gasteiger partial charge < -0.3 is 10.5 Å². The van der Waals surface area contributed by atoms with Crippen LogP contribution < -0.4 is 10.5 Å². The summed E-state index contributed by atoms with van der Waals surface area (Å²) in [7, 11) is 1.86. The van der Waals surface area contributed by atoms with Gasteiger partial charge in [-0.2, -0.15) is 5.10 Å². The van der Waals surface area contributed by atoms with E-state index >= 15 is 0 Å². The van der Waals surface area contributed by atoms with Crippen molar-refractivity contribution in [2.45, 2.75) is 46.5 Å². The minimum atomic E-state index is 0.511. The Morgan fingerprint density at radius 1 is 1.33 bits per heavy atom. The molecule has 1 aromatic carbocycles. The number of nitrogens with two attached hydrogens (primary N) is 1. The fourth-order valence-electron chi connectivity index (χ4n) is 2.59. The number of hydrogen-bond donors (Lipinski definition) is 1. The van der Waals surface area contributed by atoms with Gasteiger partial charge in [-0.1, -0.05) is 33.3 Å². The molecule has 0 aliphatic rings. The maximum atomic E-state index is 6.15. The van der Waals surface area contributed by atoms with Gasteiger partial charge in [-0.05, 0) is 42.5 Å². The minimum absolute atomic E-state index is 0.511. The Kier molecular flexibility index (Phi) is 4.56. The Morgan fingerprint density at radius 2 is 2.05 bits per heavy atom. The van der Waals surface area contributed by atoms with Crippen LogP contribution in [0.5, 0.6) is 11.6 Å². The van der Waals surface area contributed by atoms with E-state index in [1.165, 1.54) is 11.1 Å². The van der Waals surface area contributed by atoms with Crippen LogP contribution in [0.25, 0.3) is 0 Å². The number of aromatic nitrogens is 2. The van der Waals surface area contributed by atoms with E-state index in [-0.39, 0.29) is 0 Å². The van der Waals surface area contributed by atoms with E-state index in [2.05, 4.69) is 44.9 Å². The number of rotatable bonds is 5. The van der Waals surface area contributed by atoms with Crippen molar-refractivity contribution in [3.63, 3.8) is 0 Å². The molecule has 0 saturated heterocycles. The molecule has 0 unspecified atom stereocenters. The molecule has 0 amide bonds. The van der Waals surface area contributed by atoms with Gasteiger partial charge in [0.1, 0.15) is 11.4 Å². The molecular formula is C17H25N3O. The highest BCUT2D eigenvalue weighted by Crippen LogP contribution is 2.32. The lowest BCUT2D eigenvalue weighted by molar-refractivity contribution is 0.432. The molecule has 0 radical (unpaired) electrons. The lowest BCUT2D eigenvalue weighted by Crippen LogP contribution is -1.98. The van der Waals surface area contributed by atoms with Gasteiger partial charge >= 0.3 is 0 Å². The summed E-state index contributed by atoms with van der Waals surface area (Å²) in [4.78, 5) is 0. The van der Waals surface area contributed by atoms with Crippen molar-refractivity contribution in [1.29, 1.82) is 0 Å². The minimum Gasteiger partial charge on any atom is -0.437 e. The first-order chi connectivity index (χ1) is 9.93. The summed E-state index contributed by atoms with van der Waals surface area (Å²) in [6.07, 6.45) is 1.89. The van der Waals surface area contributed by atoms with Crippen molar-refractivity contribution < 1.29 is 4.74 Å². The van der Waals surface area contributed by atoms with Crippen molar-refractivity contribution in [2.24, 2.45) is 7.05 Å². The summed E-state index contributed by atoms with van der Waals surface area (Å²) in [5.74, 6) is 1.93. The standard InChI is InChI=1S/C17H25N3O/c1-6-7-15-16(18)17(20(5)19-15)21-13-8-9-14(11(2)3)12(4)10-13/h8-11H,6-7,18H2,1-5H3. The average Bonchev–Trinajstić information content (AvgIpc) is 2.67. The van der Waals surface area contributed by atoms with Crippen LogP contribution in [0, 0.1) is 6.92 Å². The largest absolute Gasteiger partial charge is 0.437 e. The highest BCUT2D eigenvalue weighted by Gasteiger charge is 2.15. The van der Waals surface area contributed by atoms with Crippen LogP contribution in [0.3, 0.4) is 0 Å². The van der Waals surface area contributed by atoms with Crippen molar-refractivity contribution in [3.05, 3.63) is 35.0 Å². The SMILES string of the molecule is CCCc1nn(C)c(Oc2ccc(C(C)C)c(C)c2)c1N. The van der Waals surface area contributed by atoms with Crippen LogP contribution in [0.2, 0.25) is 0 Å². The maximum absolute atomic E-state index is 6.15. The van der Waals surface area contributed by atoms with Gasteiger partial charge in [-0.3, -0.25) is 0 Å². The number of ether oxygens (including phenoxy) is 1. The topological polar surface area (TPSA) is 53.1 Å². The van der Waals surface area contributed by atoms with Gasteiger partial charge in [0.05, 0.1) is 5.69 Å². The van der Waals surface area contributed by atoms with Crippen LogP contribution >= 0.6 is 0 Å². The summed E-state index contributed by atoms with van der Waals surface area (Å²) < 4.78 is 7.67. The molecule has 0 fully saturated rings. The Hall–Kier alpha value is -1.97. The number of aryl methyl sites for hydroxylation is 3. The van der Waals surface area contributed by atoms with Crippen LogP contribution in [0.4, 0.5) is 5.69 Å². The summed E-state index contributed by atoms with van der Waals surface area (Å²) in [5, 5.41) is 4.43. The van der Waals surface area contributed by atoms with E-state index in [4.69, 9.17) is 10.5 Å². The zero-order valence-electron chi connectivity index (χ0n) is 13.6. The Morgan fingerprint density at radius 3 is 2.62 bits per heavy atom. The predicted octanol–water partition coefficient (Wildman–Crippen LogP) is 4.18. The molecule has 2 aromatic rings. The molecular weight excluding hydrogens is 262 g/mol. The highest BCUT2D eigenvalue weighted by molar-refractivity contribution is 5.54. The molecule has 4 nitrogen and oxygen atoms in total. The molecule has 1 aromatic heterocycles. The molecule has 0 aliphatic heterocycles. The summed E-state index contributed by atoms with van der Waals surface area (Å²) in [5.41, 5.74) is 10.3. The molecule has 0 atom stereocenters. The molecule has 0 saturated carbocycles. The lowest BCUT2D eigenvalue weighted by Gasteiger charge is -2.12. The second kappa shape index (κ2) is 6.20. The first-order valence-corrected chi connectivity index (χ1v) is 7.53. The first kappa shape index (κ1) is 15.4. The quantitative estimate of drug-likeness (QED) is 0.897. The van der Waals surface area contributed by atoms with Crippen molar-refractivity contribution in [1.82, 2.24) is 9.78 Å². The van der Waals surface area contributed by atoms with Gasteiger partial charge in [-0.15, -0.1) is 0 Å². The fourth-order valence-corrected chi connectivity index (χ4v) is 2.59. The van der Waals surface area contributed by atoms with Gasteiger partial charge in [0.2, 0.25) is 5.88 Å². The Bertz CT molecular complexity index is 629. The van der Waals surface area contributed by atoms with Crippen molar-refractivity contribution in [3.8, 4) is 11.6 Å². The number of nitrogens with zero attached hydrogens (tertiary/aromatic N) is 2. The van der Waals surface area contributed by atoms with E-state index in [1.54, 1.807) is 4.68 Å². The fraction of sp³-hybridized carbons (Fsp3) is 0.471. The van der Waals surface area contributed by atoms with E-state index in [0.717, 1.165) is 24.3 Å². The van der Waals surface area contributed by atoms with E-state index < -0.39 is 0 Å². The molecule has 1 heterocycles. The third kappa shape index (κ3) is 3.20. The van der Waals surface area contributed by atoms with Crippen LogP contribution in [0.1, 0.15) is 49.9 Å². The van der Waals surface area contributed by atoms with E-state index in [1.807, 2.05) is 13.1 Å². The maximum Gasteiger partial charge on any atom is 0.241 e. The van der Waals surface area contributed by atoms with Crippen molar-refractivity contribution >= 4 is 5.69 Å². The number of benzene rings is 1. The molecule has 0 bridgehead atoms. The van der Waals surface area contributed by atoms with Crippen LogP contribution in [-0.4, -0.2) is 9.78 Å². The lowest BCUT2D eigenvalue weighted by atomic mass is 9.98. The zero-order chi connectivity index (χ0) is 15.6. The molecule has 0 aliphatic carbocycles. The monoisotopic (exact) mass is 287 g/mol. The van der Waals surface area contributed by atoms with Gasteiger partial charge in [-0.25, -0.2) is 4.68 Å². The van der Waals surface area contributed by atoms with Gasteiger partial charge in [0.15, 0.2) is 0 Å². The number of nitrogen functional groups attached to an aromatic ring is 1. The second-order valence-electron chi connectivity index (χ2n) is 5.81. The summed E-state index contributed by atoms with van der Waals surface area (Å²) in [6, 6.07) is 6.17. The van der Waals surface area contributed by atoms with Crippen LogP contribution in [0.15, 0.2) is 18.2 Å². The molecule has 114 valence electrons. The molecule has 4 heteroatoms. The van der Waals surface area contributed by atoms with Crippen LogP contribution in [-0.2, 0) is 13.5 Å². The van der Waals surface area contributed by atoms with E-state index in [9.17, 15) is 0 Å². The van der Waals surface area contributed by atoms with E-state index in [0.29, 0.717) is 17.5 Å². The normalized spacial score (nSPS) is 11.1. The Balaban J connectivity index is 2.28. The average molecular weight is 287 g/mol. The molecule has 21 heavy (non-hydrogen) atoms. The second-order valence-corrected chi connectivity index (χ2v) is 5.81. The Labute approximate surface area is 126 Å². The molecule has 2 N–H and O–H groups in total. The number of hydrogen-bond acceptors (Lipinski definition) is 3. The van der Waals surface area contributed by atoms with Gasteiger partial charge in [0, 0.05) is 7.05 Å². The van der Waals surface area contributed by atoms with Crippen molar-refractivity contribution in [2.75, 3.05) is 5.73 Å². The third-order valence-electron chi connectivity index (χ3n) is 3.67. The highest BCUT2D eigenvalue weighted by atomic mass is 16.5. The first-order valence-electron chi connectivity index (χ1n) is 7.53. The smallest absolute Gasteiger partial charge is 0.241 e. The molecule has 0 spiro atoms. The zero-order valence-corrected chi connectivity index (χ0v) is 13.6. The van der Waals surface area contributed by atoms with Gasteiger partial charge in [0.25, 0.3) is 0 Å². The summed E-state index contributed by atoms with van der Waals surface area (Å²) in [6.45, 7) is 8.61. The third-order valence-corrected chi connectivity index (χ3v) is 3.67. The summed E-state index contributed by atoms with van der Waals surface area (Å²) >= 11 is 0. The number of anilines is 1. The predicted molar refractivity (Wildman–Crippen MR) is 87.0 cm³/mol. The molecule has 2 rings (SSSR count).